The zero-order valence-corrected chi connectivity index (χ0v) is 10.8. The number of hydrogen-bond donors (Lipinski definition) is 2. The molecular weight excluding hydrogens is 243 g/mol. The largest absolute Gasteiger partial charge is 0.314 e. The van der Waals surface area contributed by atoms with E-state index < -0.39 is 11.3 Å². The lowest BCUT2D eigenvalue weighted by molar-refractivity contribution is 0.523. The zero-order valence-electron chi connectivity index (χ0n) is 9.86. The van der Waals surface area contributed by atoms with E-state index in [9.17, 15) is 4.57 Å². The molecule has 3 nitrogen and oxygen atoms in total. The summed E-state index contributed by atoms with van der Waals surface area (Å²) in [6, 6.07) is 18.9. The molecule has 0 aromatic heterocycles. The van der Waals surface area contributed by atoms with Crippen LogP contribution >= 0.6 is 8.46 Å². The van der Waals surface area contributed by atoms with Crippen LogP contribution in [-0.4, -0.2) is 6.17 Å². The summed E-state index contributed by atoms with van der Waals surface area (Å²) in [6.45, 7) is 0. The van der Waals surface area contributed by atoms with Gasteiger partial charge in [0.1, 0.15) is 5.16 Å². The van der Waals surface area contributed by atoms with E-state index in [-0.39, 0.29) is 8.46 Å². The summed E-state index contributed by atoms with van der Waals surface area (Å²) in [7, 11) is -0.107. The molecule has 0 aliphatic rings. The smallest absolute Gasteiger partial charge is 0.174 e. The van der Waals surface area contributed by atoms with E-state index in [1.165, 1.54) is 0 Å². The molecule has 0 atom stereocenters. The van der Waals surface area contributed by atoms with Crippen LogP contribution in [0.25, 0.3) is 0 Å². The van der Waals surface area contributed by atoms with E-state index in [1.54, 1.807) is 0 Å². The van der Waals surface area contributed by atoms with E-state index in [0.717, 1.165) is 11.1 Å². The van der Waals surface area contributed by atoms with E-state index in [0.29, 0.717) is 0 Å². The summed E-state index contributed by atoms with van der Waals surface area (Å²) < 4.78 is 11.8. The van der Waals surface area contributed by atoms with Crippen LogP contribution in [0, 0.1) is 0 Å². The molecule has 0 fully saturated rings. The Morgan fingerprint density at radius 2 is 1.22 bits per heavy atom. The molecule has 92 valence electrons. The summed E-state index contributed by atoms with van der Waals surface area (Å²) >= 11 is 0. The number of nitrogens with two attached hydrogens (primary N) is 2. The monoisotopic (exact) mass is 258 g/mol. The maximum atomic E-state index is 11.8. The molecule has 2 aromatic rings. The molecule has 0 unspecified atom stereocenters. The maximum Gasteiger partial charge on any atom is 0.174 e. The Balaban J connectivity index is 2.65. The van der Waals surface area contributed by atoms with Gasteiger partial charge in [-0.3, -0.25) is 4.57 Å². The van der Waals surface area contributed by atoms with Crippen LogP contribution in [0.15, 0.2) is 60.7 Å². The van der Waals surface area contributed by atoms with Gasteiger partial charge in [-0.05, 0) is 11.1 Å². The molecule has 0 heterocycles. The van der Waals surface area contributed by atoms with Crippen LogP contribution in [-0.2, 0) is 9.72 Å². The molecule has 0 saturated carbocycles. The minimum absolute atomic E-state index is 0.107. The second-order valence-electron chi connectivity index (χ2n) is 4.12. The van der Waals surface area contributed by atoms with Gasteiger partial charge in [-0.15, -0.1) is 0 Å². The lowest BCUT2D eigenvalue weighted by Gasteiger charge is -2.31. The second-order valence-corrected chi connectivity index (χ2v) is 5.00. The van der Waals surface area contributed by atoms with Gasteiger partial charge in [0.25, 0.3) is 0 Å². The highest BCUT2D eigenvalue weighted by Gasteiger charge is 2.39. The van der Waals surface area contributed by atoms with Crippen molar-refractivity contribution in [1.82, 2.24) is 0 Å². The quantitative estimate of drug-likeness (QED) is 0.653. The topological polar surface area (TPSA) is 69.1 Å². The molecular formula is C14H15N2OP. The van der Waals surface area contributed by atoms with E-state index in [2.05, 4.69) is 0 Å². The van der Waals surface area contributed by atoms with Crippen molar-refractivity contribution in [2.24, 2.45) is 11.5 Å². The van der Waals surface area contributed by atoms with Crippen molar-refractivity contribution in [1.29, 1.82) is 0 Å². The lowest BCUT2D eigenvalue weighted by Crippen LogP contribution is -2.48. The van der Waals surface area contributed by atoms with Gasteiger partial charge in [0.15, 0.2) is 8.46 Å². The van der Waals surface area contributed by atoms with E-state index >= 15 is 0 Å². The molecule has 0 bridgehead atoms. The predicted octanol–water partition coefficient (Wildman–Crippen LogP) is 2.47. The van der Waals surface area contributed by atoms with Gasteiger partial charge in [-0.25, -0.2) is 0 Å². The van der Waals surface area contributed by atoms with Crippen molar-refractivity contribution in [3.05, 3.63) is 71.8 Å². The first kappa shape index (κ1) is 12.9. The van der Waals surface area contributed by atoms with Crippen LogP contribution in [0.4, 0.5) is 0 Å². The molecule has 0 radical (unpaired) electrons. The third kappa shape index (κ3) is 2.08. The first-order valence-corrected chi connectivity index (χ1v) is 6.50. The molecule has 2 rings (SSSR count). The van der Waals surface area contributed by atoms with Crippen molar-refractivity contribution in [2.75, 3.05) is 0 Å². The Morgan fingerprint density at radius 3 is 1.50 bits per heavy atom. The Morgan fingerprint density at radius 1 is 0.833 bits per heavy atom. The van der Waals surface area contributed by atoms with Crippen LogP contribution in [0.2, 0.25) is 0 Å². The first-order chi connectivity index (χ1) is 8.71. The first-order valence-electron chi connectivity index (χ1n) is 5.68. The van der Waals surface area contributed by atoms with Gasteiger partial charge < -0.3 is 11.5 Å². The summed E-state index contributed by atoms with van der Waals surface area (Å²) in [5, 5.41) is -0.900. The highest BCUT2D eigenvalue weighted by molar-refractivity contribution is 7.26. The standard InChI is InChI=1S/C14H15N2OP/c15-13(16)14(18-17,11-7-3-1-4-8-11)12-9-5-2-6-10-12/h1-10,13H,15-16H2. The molecule has 0 amide bonds. The molecule has 0 aliphatic carbocycles. The summed E-state index contributed by atoms with van der Waals surface area (Å²) in [4.78, 5) is 0. The number of benzene rings is 2. The van der Waals surface area contributed by atoms with Crippen molar-refractivity contribution >= 4 is 8.46 Å². The molecule has 4 N–H and O–H groups in total. The third-order valence-electron chi connectivity index (χ3n) is 3.05. The van der Waals surface area contributed by atoms with Gasteiger partial charge in [-0.1, -0.05) is 60.7 Å². The van der Waals surface area contributed by atoms with Crippen molar-refractivity contribution in [2.45, 2.75) is 11.3 Å². The minimum atomic E-state index is -0.900. The predicted molar refractivity (Wildman–Crippen MR) is 73.4 cm³/mol. The van der Waals surface area contributed by atoms with Gasteiger partial charge in [0.05, 0.1) is 6.17 Å². The average molecular weight is 258 g/mol. The zero-order chi connectivity index (χ0) is 13.0. The average Bonchev–Trinajstić information content (AvgIpc) is 2.42. The molecule has 2 aromatic carbocycles. The van der Waals surface area contributed by atoms with Crippen LogP contribution in [0.3, 0.4) is 0 Å². The van der Waals surface area contributed by atoms with Gasteiger partial charge >= 0.3 is 0 Å². The Labute approximate surface area is 108 Å². The highest BCUT2D eigenvalue weighted by atomic mass is 31.1. The summed E-state index contributed by atoms with van der Waals surface area (Å²) in [5.74, 6) is 0. The molecule has 4 heteroatoms. The van der Waals surface area contributed by atoms with Crippen molar-refractivity contribution in [3.63, 3.8) is 0 Å². The van der Waals surface area contributed by atoms with Crippen molar-refractivity contribution < 1.29 is 4.57 Å². The highest BCUT2D eigenvalue weighted by Crippen LogP contribution is 2.42. The fourth-order valence-corrected chi connectivity index (χ4v) is 2.73. The van der Waals surface area contributed by atoms with Crippen LogP contribution in [0.1, 0.15) is 11.1 Å². The normalized spacial score (nSPS) is 11.9. The van der Waals surface area contributed by atoms with Crippen molar-refractivity contribution in [3.8, 4) is 0 Å². The molecule has 18 heavy (non-hydrogen) atoms. The Kier molecular flexibility index (Phi) is 3.87. The number of rotatable bonds is 4. The SMILES string of the molecule is NC(N)C(P=O)(c1ccccc1)c1ccccc1. The van der Waals surface area contributed by atoms with Crippen LogP contribution < -0.4 is 11.5 Å². The molecule has 0 aliphatic heterocycles. The second kappa shape index (κ2) is 5.40. The minimum Gasteiger partial charge on any atom is -0.314 e. The van der Waals surface area contributed by atoms with E-state index in [1.807, 2.05) is 60.7 Å². The lowest BCUT2D eigenvalue weighted by atomic mass is 9.88. The maximum absolute atomic E-state index is 11.8. The van der Waals surface area contributed by atoms with Gasteiger partial charge in [-0.2, -0.15) is 0 Å². The number of hydrogen-bond acceptors (Lipinski definition) is 3. The molecule has 0 saturated heterocycles. The van der Waals surface area contributed by atoms with Gasteiger partial charge in [0, 0.05) is 0 Å². The molecule has 0 spiro atoms. The summed E-state index contributed by atoms with van der Waals surface area (Å²) in [6.07, 6.45) is -0.749. The van der Waals surface area contributed by atoms with Crippen LogP contribution in [0.5, 0.6) is 0 Å². The Bertz CT molecular complexity index is 474. The van der Waals surface area contributed by atoms with E-state index in [4.69, 9.17) is 11.5 Å². The summed E-state index contributed by atoms with van der Waals surface area (Å²) in [5.41, 5.74) is 13.5. The third-order valence-corrected chi connectivity index (χ3v) is 4.16. The van der Waals surface area contributed by atoms with Gasteiger partial charge in [0.2, 0.25) is 0 Å². The fraction of sp³-hybridized carbons (Fsp3) is 0.143. The fourth-order valence-electron chi connectivity index (χ4n) is 2.10. The Hall–Kier alpha value is -1.54.